The number of halogens is 2. The van der Waals surface area contributed by atoms with Crippen molar-refractivity contribution in [2.45, 2.75) is 0 Å². The molecular formula is C13H9F2N3. The number of anilines is 3. The van der Waals surface area contributed by atoms with Crippen LogP contribution in [0.1, 0.15) is 5.56 Å². The van der Waals surface area contributed by atoms with E-state index in [1.807, 2.05) is 6.07 Å². The van der Waals surface area contributed by atoms with Crippen molar-refractivity contribution in [2.24, 2.45) is 0 Å². The number of nitrogens with zero attached hydrogens (tertiary/aromatic N) is 1. The van der Waals surface area contributed by atoms with Crippen LogP contribution < -0.4 is 11.1 Å². The van der Waals surface area contributed by atoms with E-state index in [1.54, 1.807) is 0 Å². The first-order chi connectivity index (χ1) is 8.60. The lowest BCUT2D eigenvalue weighted by atomic mass is 10.1. The largest absolute Gasteiger partial charge is 0.397 e. The molecular weight excluding hydrogens is 236 g/mol. The second-order valence-electron chi connectivity index (χ2n) is 3.66. The summed E-state index contributed by atoms with van der Waals surface area (Å²) in [5.41, 5.74) is 6.84. The third-order valence-electron chi connectivity index (χ3n) is 2.39. The molecule has 0 amide bonds. The van der Waals surface area contributed by atoms with Gasteiger partial charge in [-0.1, -0.05) is 0 Å². The normalized spacial score (nSPS) is 9.83. The number of benzene rings is 2. The SMILES string of the molecule is N#Cc1cc(F)ccc1Nc1cc(F)ccc1N. The van der Waals surface area contributed by atoms with Gasteiger partial charge in [0.15, 0.2) is 0 Å². The Balaban J connectivity index is 2.40. The van der Waals surface area contributed by atoms with Crippen LogP contribution in [0.25, 0.3) is 0 Å². The van der Waals surface area contributed by atoms with Gasteiger partial charge in [0.05, 0.1) is 22.6 Å². The van der Waals surface area contributed by atoms with E-state index >= 15 is 0 Å². The first-order valence-electron chi connectivity index (χ1n) is 5.12. The predicted molar refractivity (Wildman–Crippen MR) is 65.2 cm³/mol. The van der Waals surface area contributed by atoms with Gasteiger partial charge in [0.2, 0.25) is 0 Å². The van der Waals surface area contributed by atoms with Crippen LogP contribution in [0.15, 0.2) is 36.4 Å². The summed E-state index contributed by atoms with van der Waals surface area (Å²) >= 11 is 0. The minimum absolute atomic E-state index is 0.124. The molecule has 0 aromatic heterocycles. The highest BCUT2D eigenvalue weighted by molar-refractivity contribution is 5.75. The van der Waals surface area contributed by atoms with Gasteiger partial charge in [-0.25, -0.2) is 8.78 Å². The average molecular weight is 245 g/mol. The number of nitrogens with two attached hydrogens (primary N) is 1. The van der Waals surface area contributed by atoms with E-state index in [0.29, 0.717) is 17.1 Å². The van der Waals surface area contributed by atoms with Gasteiger partial charge >= 0.3 is 0 Å². The molecule has 0 saturated carbocycles. The minimum Gasteiger partial charge on any atom is -0.397 e. The smallest absolute Gasteiger partial charge is 0.125 e. The van der Waals surface area contributed by atoms with Gasteiger partial charge in [0.25, 0.3) is 0 Å². The molecule has 0 aliphatic carbocycles. The van der Waals surface area contributed by atoms with E-state index in [0.717, 1.165) is 6.07 Å². The predicted octanol–water partition coefficient (Wildman–Crippen LogP) is 3.16. The van der Waals surface area contributed by atoms with Gasteiger partial charge in [-0.05, 0) is 36.4 Å². The number of nitrogens with one attached hydrogen (secondary N) is 1. The van der Waals surface area contributed by atoms with Crippen LogP contribution in [0.5, 0.6) is 0 Å². The highest BCUT2D eigenvalue weighted by atomic mass is 19.1. The molecule has 2 rings (SSSR count). The molecule has 90 valence electrons. The van der Waals surface area contributed by atoms with Crippen LogP contribution in [-0.2, 0) is 0 Å². The monoisotopic (exact) mass is 245 g/mol. The molecule has 5 heteroatoms. The van der Waals surface area contributed by atoms with Gasteiger partial charge in [-0.2, -0.15) is 5.26 Å². The Labute approximate surface area is 102 Å². The maximum absolute atomic E-state index is 13.1. The van der Waals surface area contributed by atoms with Crippen LogP contribution in [-0.4, -0.2) is 0 Å². The van der Waals surface area contributed by atoms with E-state index in [1.165, 1.54) is 30.3 Å². The fourth-order valence-electron chi connectivity index (χ4n) is 1.50. The second-order valence-corrected chi connectivity index (χ2v) is 3.66. The first-order valence-corrected chi connectivity index (χ1v) is 5.12. The molecule has 0 heterocycles. The van der Waals surface area contributed by atoms with Crippen molar-refractivity contribution in [2.75, 3.05) is 11.1 Å². The molecule has 2 aromatic rings. The molecule has 3 nitrogen and oxygen atoms in total. The van der Waals surface area contributed by atoms with Gasteiger partial charge in [-0.3, -0.25) is 0 Å². The van der Waals surface area contributed by atoms with E-state index in [9.17, 15) is 8.78 Å². The molecule has 0 fully saturated rings. The standard InChI is InChI=1S/C13H9F2N3/c14-9-2-4-12(8(5-9)7-16)18-13-6-10(15)1-3-11(13)17/h1-6,18H,17H2. The highest BCUT2D eigenvalue weighted by Crippen LogP contribution is 2.26. The number of nitriles is 1. The molecule has 18 heavy (non-hydrogen) atoms. The Hall–Kier alpha value is -2.61. The quantitative estimate of drug-likeness (QED) is 0.799. The van der Waals surface area contributed by atoms with E-state index < -0.39 is 11.6 Å². The summed E-state index contributed by atoms with van der Waals surface area (Å²) in [4.78, 5) is 0. The van der Waals surface area contributed by atoms with E-state index in [-0.39, 0.29) is 5.56 Å². The molecule has 0 unspecified atom stereocenters. The molecule has 0 atom stereocenters. The fourth-order valence-corrected chi connectivity index (χ4v) is 1.50. The molecule has 3 N–H and O–H groups in total. The maximum Gasteiger partial charge on any atom is 0.125 e. The first kappa shape index (κ1) is 11.9. The molecule has 0 radical (unpaired) electrons. The number of rotatable bonds is 2. The van der Waals surface area contributed by atoms with Crippen molar-refractivity contribution < 1.29 is 8.78 Å². The van der Waals surface area contributed by atoms with Crippen molar-refractivity contribution >= 4 is 17.1 Å². The summed E-state index contributed by atoms with van der Waals surface area (Å²) in [6, 6.07) is 9.41. The Kier molecular flexibility index (Phi) is 3.11. The summed E-state index contributed by atoms with van der Waals surface area (Å²) in [6.07, 6.45) is 0. The second kappa shape index (κ2) is 4.72. The zero-order valence-corrected chi connectivity index (χ0v) is 9.24. The van der Waals surface area contributed by atoms with E-state index in [2.05, 4.69) is 5.32 Å². The van der Waals surface area contributed by atoms with Crippen LogP contribution in [0.3, 0.4) is 0 Å². The molecule has 0 bridgehead atoms. The Bertz CT molecular complexity index is 633. The topological polar surface area (TPSA) is 61.8 Å². The van der Waals surface area contributed by atoms with Crippen LogP contribution in [0.2, 0.25) is 0 Å². The van der Waals surface area contributed by atoms with E-state index in [4.69, 9.17) is 11.0 Å². The number of hydrogen-bond acceptors (Lipinski definition) is 3. The van der Waals surface area contributed by atoms with Gasteiger partial charge in [0.1, 0.15) is 17.7 Å². The van der Waals surface area contributed by atoms with Crippen LogP contribution in [0, 0.1) is 23.0 Å². The number of hydrogen-bond donors (Lipinski definition) is 2. The zero-order chi connectivity index (χ0) is 13.1. The third kappa shape index (κ3) is 2.38. The Morgan fingerprint density at radius 1 is 1.00 bits per heavy atom. The molecule has 0 aliphatic rings. The Morgan fingerprint density at radius 3 is 2.39 bits per heavy atom. The summed E-state index contributed by atoms with van der Waals surface area (Å²) in [6.45, 7) is 0. The van der Waals surface area contributed by atoms with Gasteiger partial charge in [-0.15, -0.1) is 0 Å². The molecule has 0 saturated heterocycles. The van der Waals surface area contributed by atoms with Crippen molar-refractivity contribution in [3.8, 4) is 6.07 Å². The van der Waals surface area contributed by atoms with Gasteiger partial charge in [0, 0.05) is 0 Å². The maximum atomic E-state index is 13.1. The number of nitrogen functional groups attached to an aromatic ring is 1. The zero-order valence-electron chi connectivity index (χ0n) is 9.24. The lowest BCUT2D eigenvalue weighted by Crippen LogP contribution is -1.99. The Morgan fingerprint density at radius 2 is 1.67 bits per heavy atom. The summed E-state index contributed by atoms with van der Waals surface area (Å²) < 4.78 is 26.0. The average Bonchev–Trinajstić information content (AvgIpc) is 2.36. The minimum atomic E-state index is -0.510. The van der Waals surface area contributed by atoms with Crippen LogP contribution in [0.4, 0.5) is 25.8 Å². The highest BCUT2D eigenvalue weighted by Gasteiger charge is 2.06. The van der Waals surface area contributed by atoms with Crippen LogP contribution >= 0.6 is 0 Å². The molecule has 0 aliphatic heterocycles. The summed E-state index contributed by atoms with van der Waals surface area (Å²) in [5, 5.41) is 11.7. The fraction of sp³-hybridized carbons (Fsp3) is 0. The summed E-state index contributed by atoms with van der Waals surface area (Å²) in [5.74, 6) is -0.961. The van der Waals surface area contributed by atoms with Crippen molar-refractivity contribution in [1.29, 1.82) is 5.26 Å². The summed E-state index contributed by atoms with van der Waals surface area (Å²) in [7, 11) is 0. The molecule has 0 spiro atoms. The molecule has 2 aromatic carbocycles. The van der Waals surface area contributed by atoms with Crippen molar-refractivity contribution in [3.05, 3.63) is 53.6 Å². The van der Waals surface area contributed by atoms with Gasteiger partial charge < -0.3 is 11.1 Å². The van der Waals surface area contributed by atoms with Crippen molar-refractivity contribution in [1.82, 2.24) is 0 Å². The van der Waals surface area contributed by atoms with Crippen molar-refractivity contribution in [3.63, 3.8) is 0 Å². The third-order valence-corrected chi connectivity index (χ3v) is 2.39. The lowest BCUT2D eigenvalue weighted by Gasteiger charge is -2.10. The lowest BCUT2D eigenvalue weighted by molar-refractivity contribution is 0.627.